The van der Waals surface area contributed by atoms with Gasteiger partial charge in [0.25, 0.3) is 0 Å². The molecule has 4 atom stereocenters. The van der Waals surface area contributed by atoms with Crippen LogP contribution in [0.2, 0.25) is 0 Å². The molecule has 3 saturated heterocycles. The summed E-state index contributed by atoms with van der Waals surface area (Å²) in [6.07, 6.45) is 2.35. The zero-order valence-corrected chi connectivity index (χ0v) is 18.1. The minimum absolute atomic E-state index is 0.138. The number of amides is 1. The van der Waals surface area contributed by atoms with Gasteiger partial charge in [0.1, 0.15) is 5.82 Å². The van der Waals surface area contributed by atoms with Crippen LogP contribution in [-0.2, 0) is 4.79 Å². The number of hydrogen-bond donors (Lipinski definition) is 1. The summed E-state index contributed by atoms with van der Waals surface area (Å²) in [6.45, 7) is 10.8. The molecule has 3 aliphatic rings. The van der Waals surface area contributed by atoms with Gasteiger partial charge in [-0.2, -0.15) is 0 Å². The topological polar surface area (TPSA) is 58.1 Å². The van der Waals surface area contributed by atoms with E-state index < -0.39 is 0 Å². The Labute approximate surface area is 171 Å². The first-order valence-corrected chi connectivity index (χ1v) is 11.1. The number of hydrogen-bond acceptors (Lipinski definition) is 5. The van der Waals surface area contributed by atoms with Gasteiger partial charge >= 0.3 is 0 Å². The fourth-order valence-corrected chi connectivity index (χ4v) is 5.18. The molecule has 28 heavy (non-hydrogen) atoms. The normalized spacial score (nSPS) is 27.0. The molecule has 0 aromatic carbocycles. The number of aryl methyl sites for hydroxylation is 1. The summed E-state index contributed by atoms with van der Waals surface area (Å²) in [7, 11) is 0. The zero-order chi connectivity index (χ0) is 19.9. The number of carbonyl (C=O) groups excluding carboxylic acids is 1. The molecule has 2 aromatic rings. The van der Waals surface area contributed by atoms with E-state index in [0.29, 0.717) is 17.9 Å². The van der Waals surface area contributed by atoms with Crippen molar-refractivity contribution in [1.29, 1.82) is 0 Å². The van der Waals surface area contributed by atoms with Gasteiger partial charge in [-0.1, -0.05) is 26.8 Å². The second kappa shape index (κ2) is 7.56. The fourth-order valence-electron chi connectivity index (χ4n) is 4.49. The monoisotopic (exact) mass is 398 g/mol. The summed E-state index contributed by atoms with van der Waals surface area (Å²) >= 11 is 1.73. The molecule has 5 rings (SSSR count). The van der Waals surface area contributed by atoms with Crippen LogP contribution in [0.4, 0.5) is 0 Å². The highest BCUT2D eigenvalue weighted by Gasteiger charge is 2.41. The van der Waals surface area contributed by atoms with E-state index >= 15 is 0 Å². The second-order valence-corrected chi connectivity index (χ2v) is 10.1. The molecule has 4 unspecified atom stereocenters. The molecule has 2 bridgehead atoms. The van der Waals surface area contributed by atoms with E-state index in [2.05, 4.69) is 38.8 Å². The molecule has 5 heterocycles. The van der Waals surface area contributed by atoms with Gasteiger partial charge in [-0.05, 0) is 49.7 Å². The van der Waals surface area contributed by atoms with Gasteiger partial charge < -0.3 is 5.32 Å². The second-order valence-electron chi connectivity index (χ2n) is 9.20. The maximum Gasteiger partial charge on any atom is 0.225 e. The molecule has 3 aliphatic heterocycles. The first-order valence-electron chi connectivity index (χ1n) is 10.2. The highest BCUT2D eigenvalue weighted by molar-refractivity contribution is 7.13. The Bertz CT molecular complexity index is 843. The molecule has 0 saturated carbocycles. The standard InChI is InChI=1S/C22H30N4OS/c1-14-24-18(11-19(25-14)20-6-5-9-28-20)17-13-26-8-7-15(17)10-16(26)12-23-21(27)22(2,3)4/h5-6,9,11,15-17H,7-8,10,12-13H2,1-4H3,(H,23,27). The lowest BCUT2D eigenvalue weighted by Crippen LogP contribution is -2.56. The minimum Gasteiger partial charge on any atom is -0.354 e. The van der Waals surface area contributed by atoms with Crippen LogP contribution in [0.3, 0.4) is 0 Å². The van der Waals surface area contributed by atoms with Crippen LogP contribution in [0, 0.1) is 18.3 Å². The molecule has 1 amide bonds. The highest BCUT2D eigenvalue weighted by atomic mass is 32.1. The largest absolute Gasteiger partial charge is 0.354 e. The number of fused-ring (bicyclic) bond motifs is 3. The lowest BCUT2D eigenvalue weighted by atomic mass is 9.74. The zero-order valence-electron chi connectivity index (χ0n) is 17.2. The van der Waals surface area contributed by atoms with Crippen LogP contribution in [0.1, 0.15) is 51.0 Å². The van der Waals surface area contributed by atoms with Gasteiger partial charge in [0.2, 0.25) is 5.91 Å². The summed E-state index contributed by atoms with van der Waals surface area (Å²) in [5.41, 5.74) is 1.90. The molecule has 0 spiro atoms. The average molecular weight is 399 g/mol. The maximum atomic E-state index is 12.2. The molecule has 150 valence electrons. The molecule has 1 N–H and O–H groups in total. The number of piperidine rings is 3. The summed E-state index contributed by atoms with van der Waals surface area (Å²) in [5.74, 6) is 2.08. The Morgan fingerprint density at radius 2 is 2.18 bits per heavy atom. The van der Waals surface area contributed by atoms with Crippen molar-refractivity contribution in [3.63, 3.8) is 0 Å². The first-order chi connectivity index (χ1) is 13.3. The Kier molecular flexibility index (Phi) is 5.27. The Balaban J connectivity index is 1.47. The van der Waals surface area contributed by atoms with Gasteiger partial charge in [0.05, 0.1) is 10.6 Å². The molecular weight excluding hydrogens is 368 g/mol. The number of rotatable bonds is 4. The SMILES string of the molecule is Cc1nc(-c2cccs2)cc(C2CN3CCC2CC3CNC(=O)C(C)(C)C)n1. The smallest absolute Gasteiger partial charge is 0.225 e. The van der Waals surface area contributed by atoms with Crippen molar-refractivity contribution in [2.24, 2.45) is 11.3 Å². The van der Waals surface area contributed by atoms with Crippen molar-refractivity contribution < 1.29 is 4.79 Å². The lowest BCUT2D eigenvalue weighted by Gasteiger charge is -2.50. The predicted molar refractivity (Wildman–Crippen MR) is 113 cm³/mol. The summed E-state index contributed by atoms with van der Waals surface area (Å²) < 4.78 is 0. The Morgan fingerprint density at radius 3 is 2.82 bits per heavy atom. The van der Waals surface area contributed by atoms with Gasteiger partial charge in [0, 0.05) is 36.2 Å². The van der Waals surface area contributed by atoms with Gasteiger partial charge in [-0.25, -0.2) is 9.97 Å². The molecule has 0 radical (unpaired) electrons. The third-order valence-electron chi connectivity index (χ3n) is 6.07. The van der Waals surface area contributed by atoms with Crippen molar-refractivity contribution in [3.8, 4) is 10.6 Å². The number of carbonyl (C=O) groups is 1. The van der Waals surface area contributed by atoms with Crippen LogP contribution in [0.25, 0.3) is 10.6 Å². The van der Waals surface area contributed by atoms with E-state index in [4.69, 9.17) is 4.98 Å². The van der Waals surface area contributed by atoms with E-state index in [1.165, 1.54) is 17.0 Å². The van der Waals surface area contributed by atoms with Crippen LogP contribution in [-0.4, -0.2) is 46.5 Å². The molecule has 0 aliphatic carbocycles. The van der Waals surface area contributed by atoms with Gasteiger partial charge in [-0.3, -0.25) is 9.69 Å². The van der Waals surface area contributed by atoms with E-state index in [1.54, 1.807) is 11.3 Å². The van der Waals surface area contributed by atoms with Crippen molar-refractivity contribution in [3.05, 3.63) is 35.1 Å². The average Bonchev–Trinajstić information content (AvgIpc) is 3.20. The van der Waals surface area contributed by atoms with Crippen LogP contribution in [0.5, 0.6) is 0 Å². The van der Waals surface area contributed by atoms with Crippen LogP contribution >= 0.6 is 11.3 Å². The summed E-state index contributed by atoms with van der Waals surface area (Å²) in [5, 5.41) is 5.26. The van der Waals surface area contributed by atoms with Crippen molar-refractivity contribution in [1.82, 2.24) is 20.2 Å². The van der Waals surface area contributed by atoms with E-state index in [9.17, 15) is 4.79 Å². The third kappa shape index (κ3) is 3.98. The van der Waals surface area contributed by atoms with Crippen LogP contribution in [0.15, 0.2) is 23.6 Å². The number of thiophene rings is 1. The molecule has 2 aromatic heterocycles. The van der Waals surface area contributed by atoms with E-state index in [-0.39, 0.29) is 11.3 Å². The maximum absolute atomic E-state index is 12.2. The predicted octanol–water partition coefficient (Wildman–Crippen LogP) is 3.85. The summed E-state index contributed by atoms with van der Waals surface area (Å²) in [6, 6.07) is 6.84. The third-order valence-corrected chi connectivity index (χ3v) is 6.96. The molecule has 3 fully saturated rings. The number of aromatic nitrogens is 2. The van der Waals surface area contributed by atoms with Crippen molar-refractivity contribution in [2.75, 3.05) is 19.6 Å². The lowest BCUT2D eigenvalue weighted by molar-refractivity contribution is -0.129. The van der Waals surface area contributed by atoms with Gasteiger partial charge in [0.15, 0.2) is 0 Å². The van der Waals surface area contributed by atoms with E-state index in [1.807, 2.05) is 27.7 Å². The first kappa shape index (κ1) is 19.5. The van der Waals surface area contributed by atoms with Crippen molar-refractivity contribution >= 4 is 17.2 Å². The Hall–Kier alpha value is -1.79. The Morgan fingerprint density at radius 1 is 1.36 bits per heavy atom. The molecular formula is C22H30N4OS. The highest BCUT2D eigenvalue weighted by Crippen LogP contribution is 2.42. The number of nitrogens with one attached hydrogen (secondary N) is 1. The van der Waals surface area contributed by atoms with E-state index in [0.717, 1.165) is 37.6 Å². The molecule has 6 heteroatoms. The molecule has 5 nitrogen and oxygen atoms in total. The number of nitrogens with zero attached hydrogens (tertiary/aromatic N) is 3. The van der Waals surface area contributed by atoms with Crippen LogP contribution < -0.4 is 5.32 Å². The fraction of sp³-hybridized carbons (Fsp3) is 0.591. The van der Waals surface area contributed by atoms with Crippen molar-refractivity contribution in [2.45, 2.75) is 52.5 Å². The van der Waals surface area contributed by atoms with Gasteiger partial charge in [-0.15, -0.1) is 11.3 Å². The quantitative estimate of drug-likeness (QED) is 0.850. The minimum atomic E-state index is -0.331. The summed E-state index contributed by atoms with van der Waals surface area (Å²) in [4.78, 5) is 25.5.